The molecule has 1 aromatic heterocycles. The topological polar surface area (TPSA) is 45.2 Å². The van der Waals surface area contributed by atoms with Gasteiger partial charge in [0, 0.05) is 18.8 Å². The van der Waals surface area contributed by atoms with Gasteiger partial charge in [0.25, 0.3) is 5.91 Å². The van der Waals surface area contributed by atoms with Crippen molar-refractivity contribution in [3.05, 3.63) is 23.9 Å². The van der Waals surface area contributed by atoms with Crippen molar-refractivity contribution in [1.29, 1.82) is 0 Å². The lowest BCUT2D eigenvalue weighted by Gasteiger charge is -2.23. The number of nitrogens with one attached hydrogen (secondary N) is 1. The van der Waals surface area contributed by atoms with Crippen molar-refractivity contribution in [2.75, 3.05) is 18.4 Å². The Bertz CT molecular complexity index is 483. The van der Waals surface area contributed by atoms with Crippen LogP contribution in [-0.4, -0.2) is 41.1 Å². The monoisotopic (exact) mass is 301 g/mol. The molecule has 1 fully saturated rings. The van der Waals surface area contributed by atoms with Crippen LogP contribution in [0.25, 0.3) is 0 Å². The van der Waals surface area contributed by atoms with Gasteiger partial charge in [0.15, 0.2) is 0 Å². The number of rotatable bonds is 6. The second-order valence-corrected chi connectivity index (χ2v) is 5.19. The molecule has 1 aliphatic rings. The zero-order valence-corrected chi connectivity index (χ0v) is 11.8. The fourth-order valence-electron chi connectivity index (χ4n) is 1.96. The lowest BCUT2D eigenvalue weighted by molar-refractivity contribution is -0.140. The maximum Gasteiger partial charge on any atom is 0.406 e. The van der Waals surface area contributed by atoms with Crippen LogP contribution in [-0.2, 0) is 0 Å². The molecule has 1 heterocycles. The van der Waals surface area contributed by atoms with Crippen LogP contribution < -0.4 is 5.32 Å². The molecule has 1 N–H and O–H groups in total. The molecule has 7 heteroatoms. The number of aromatic nitrogens is 1. The van der Waals surface area contributed by atoms with Gasteiger partial charge in [-0.15, -0.1) is 0 Å². The molecule has 0 radical (unpaired) electrons. The molecule has 1 aliphatic carbocycles. The molecule has 0 unspecified atom stereocenters. The minimum atomic E-state index is -4.40. The van der Waals surface area contributed by atoms with Crippen LogP contribution in [0, 0.1) is 0 Å². The summed E-state index contributed by atoms with van der Waals surface area (Å²) in [6.07, 6.45) is -0.412. The predicted molar refractivity (Wildman–Crippen MR) is 73.1 cm³/mol. The number of hydrogen-bond donors (Lipinski definition) is 1. The van der Waals surface area contributed by atoms with Crippen LogP contribution in [0.5, 0.6) is 0 Å². The molecule has 0 saturated heterocycles. The van der Waals surface area contributed by atoms with Crippen LogP contribution in [0.1, 0.15) is 36.5 Å². The molecule has 2 rings (SSSR count). The number of pyridine rings is 1. The molecule has 1 saturated carbocycles. The molecule has 0 aromatic carbocycles. The number of carbonyl (C=O) groups excluding carboxylic acids is 1. The van der Waals surface area contributed by atoms with Crippen LogP contribution in [0.4, 0.5) is 19.0 Å². The fourth-order valence-corrected chi connectivity index (χ4v) is 1.96. The Morgan fingerprint density at radius 3 is 2.62 bits per heavy atom. The van der Waals surface area contributed by atoms with E-state index in [9.17, 15) is 18.0 Å². The molecule has 4 nitrogen and oxygen atoms in total. The van der Waals surface area contributed by atoms with Crippen molar-refractivity contribution in [2.24, 2.45) is 0 Å². The van der Waals surface area contributed by atoms with Crippen molar-refractivity contribution >= 4 is 11.7 Å². The maximum atomic E-state index is 12.5. The first kappa shape index (κ1) is 15.6. The van der Waals surface area contributed by atoms with E-state index >= 15 is 0 Å². The Morgan fingerprint density at radius 1 is 1.43 bits per heavy atom. The number of carbonyl (C=O) groups is 1. The van der Waals surface area contributed by atoms with Gasteiger partial charge >= 0.3 is 6.18 Å². The predicted octanol–water partition coefficient (Wildman–Crippen LogP) is 3.07. The Labute approximate surface area is 121 Å². The zero-order chi connectivity index (χ0) is 15.5. The average molecular weight is 301 g/mol. The van der Waals surface area contributed by atoms with Gasteiger partial charge in [-0.1, -0.05) is 6.92 Å². The van der Waals surface area contributed by atoms with E-state index in [0.717, 1.165) is 17.7 Å². The molecular weight excluding hydrogens is 283 g/mol. The molecule has 0 spiro atoms. The van der Waals surface area contributed by atoms with E-state index in [2.05, 4.69) is 10.3 Å². The summed E-state index contributed by atoms with van der Waals surface area (Å²) in [5, 5.41) is 3.16. The smallest absolute Gasteiger partial charge is 0.367 e. The van der Waals surface area contributed by atoms with Crippen LogP contribution in [0.3, 0.4) is 0 Å². The summed E-state index contributed by atoms with van der Waals surface area (Å²) >= 11 is 0. The number of alkyl halides is 3. The summed E-state index contributed by atoms with van der Waals surface area (Å²) in [5.74, 6) is 0.00607. The SMILES string of the molecule is CCCN(CC(F)(F)F)C(=O)c1ccc(NC2CC2)nc1. The van der Waals surface area contributed by atoms with Gasteiger partial charge in [0.2, 0.25) is 0 Å². The summed E-state index contributed by atoms with van der Waals surface area (Å²) in [6.45, 7) is 0.569. The van der Waals surface area contributed by atoms with E-state index in [1.165, 1.54) is 12.3 Å². The molecule has 0 bridgehead atoms. The van der Waals surface area contributed by atoms with E-state index in [4.69, 9.17) is 0 Å². The quantitative estimate of drug-likeness (QED) is 0.878. The average Bonchev–Trinajstić information content (AvgIpc) is 3.21. The molecule has 21 heavy (non-hydrogen) atoms. The second-order valence-electron chi connectivity index (χ2n) is 5.19. The van der Waals surface area contributed by atoms with E-state index in [0.29, 0.717) is 18.3 Å². The lowest BCUT2D eigenvalue weighted by atomic mass is 10.2. The number of halogens is 3. The summed E-state index contributed by atoms with van der Waals surface area (Å²) in [4.78, 5) is 17.0. The second kappa shape index (κ2) is 6.32. The summed E-state index contributed by atoms with van der Waals surface area (Å²) in [6, 6.07) is 3.57. The van der Waals surface area contributed by atoms with E-state index in [-0.39, 0.29) is 12.1 Å². The Morgan fingerprint density at radius 2 is 2.14 bits per heavy atom. The number of nitrogens with zero attached hydrogens (tertiary/aromatic N) is 2. The molecular formula is C14H18F3N3O. The third-order valence-corrected chi connectivity index (χ3v) is 3.09. The van der Waals surface area contributed by atoms with Crippen molar-refractivity contribution in [1.82, 2.24) is 9.88 Å². The number of amides is 1. The first-order chi connectivity index (χ1) is 9.89. The summed E-state index contributed by atoms with van der Waals surface area (Å²) < 4.78 is 37.5. The van der Waals surface area contributed by atoms with Crippen LogP contribution in [0.15, 0.2) is 18.3 Å². The standard InChI is InChI=1S/C14H18F3N3O/c1-2-7-20(9-14(15,16)17)13(21)10-3-6-12(18-8-10)19-11-4-5-11/h3,6,8,11H,2,4-5,7,9H2,1H3,(H,18,19). The maximum absolute atomic E-state index is 12.5. The molecule has 1 amide bonds. The highest BCUT2D eigenvalue weighted by Crippen LogP contribution is 2.24. The van der Waals surface area contributed by atoms with Gasteiger partial charge in [-0.3, -0.25) is 4.79 Å². The molecule has 0 aliphatic heterocycles. The van der Waals surface area contributed by atoms with E-state index in [1.807, 2.05) is 0 Å². The highest BCUT2D eigenvalue weighted by Gasteiger charge is 2.33. The third kappa shape index (κ3) is 4.91. The minimum absolute atomic E-state index is 0.0699. The third-order valence-electron chi connectivity index (χ3n) is 3.09. The molecule has 0 atom stereocenters. The van der Waals surface area contributed by atoms with Crippen LogP contribution in [0.2, 0.25) is 0 Å². The minimum Gasteiger partial charge on any atom is -0.367 e. The van der Waals surface area contributed by atoms with Gasteiger partial charge in [0.1, 0.15) is 12.4 Å². The van der Waals surface area contributed by atoms with Crippen molar-refractivity contribution in [3.63, 3.8) is 0 Å². The summed E-state index contributed by atoms with van der Waals surface area (Å²) in [7, 11) is 0. The van der Waals surface area contributed by atoms with Gasteiger partial charge in [-0.2, -0.15) is 13.2 Å². The van der Waals surface area contributed by atoms with E-state index in [1.54, 1.807) is 13.0 Å². The highest BCUT2D eigenvalue weighted by atomic mass is 19.4. The van der Waals surface area contributed by atoms with Gasteiger partial charge < -0.3 is 10.2 Å². The normalized spacial score (nSPS) is 14.9. The zero-order valence-electron chi connectivity index (χ0n) is 11.8. The van der Waals surface area contributed by atoms with E-state index < -0.39 is 18.6 Å². The first-order valence-electron chi connectivity index (χ1n) is 6.97. The molecule has 116 valence electrons. The first-order valence-corrected chi connectivity index (χ1v) is 6.97. The summed E-state index contributed by atoms with van der Waals surface area (Å²) in [5.41, 5.74) is 0.175. The highest BCUT2D eigenvalue weighted by molar-refractivity contribution is 5.94. The van der Waals surface area contributed by atoms with Crippen molar-refractivity contribution in [3.8, 4) is 0 Å². The van der Waals surface area contributed by atoms with Crippen molar-refractivity contribution in [2.45, 2.75) is 38.4 Å². The Balaban J connectivity index is 2.04. The Hall–Kier alpha value is -1.79. The number of hydrogen-bond acceptors (Lipinski definition) is 3. The lowest BCUT2D eigenvalue weighted by Crippen LogP contribution is -2.39. The number of anilines is 1. The van der Waals surface area contributed by atoms with Crippen molar-refractivity contribution < 1.29 is 18.0 Å². The van der Waals surface area contributed by atoms with Gasteiger partial charge in [-0.25, -0.2) is 4.98 Å². The Kier molecular flexibility index (Phi) is 4.69. The fraction of sp³-hybridized carbons (Fsp3) is 0.571. The largest absolute Gasteiger partial charge is 0.406 e. The van der Waals surface area contributed by atoms with Crippen LogP contribution >= 0.6 is 0 Å². The van der Waals surface area contributed by atoms with Gasteiger partial charge in [-0.05, 0) is 31.4 Å². The van der Waals surface area contributed by atoms with Gasteiger partial charge in [0.05, 0.1) is 5.56 Å². The molecule has 1 aromatic rings.